The molecular formula is C23H22F2N4O2S. The van der Waals surface area contributed by atoms with E-state index in [1.807, 2.05) is 15.2 Å². The molecule has 0 aliphatic carbocycles. The van der Waals surface area contributed by atoms with Gasteiger partial charge in [-0.3, -0.25) is 14.5 Å². The van der Waals surface area contributed by atoms with Crippen molar-refractivity contribution in [3.63, 3.8) is 0 Å². The first-order chi connectivity index (χ1) is 15.4. The van der Waals surface area contributed by atoms with Gasteiger partial charge < -0.3 is 10.2 Å². The van der Waals surface area contributed by atoms with E-state index in [9.17, 15) is 18.4 Å². The van der Waals surface area contributed by atoms with Gasteiger partial charge in [-0.15, -0.1) is 11.3 Å². The maximum Gasteiger partial charge on any atom is 0.240 e. The SMILES string of the molecule is CC(=O)c1ccc(N2CCN(CC(=O)Nc3nc(-c4ccc(F)cc4)cs3)CC2)c(F)c1. The Morgan fingerprint density at radius 1 is 1.06 bits per heavy atom. The molecule has 1 fully saturated rings. The van der Waals surface area contributed by atoms with Crippen LogP contribution in [0.25, 0.3) is 11.3 Å². The Hall–Kier alpha value is -3.17. The monoisotopic (exact) mass is 456 g/mol. The quantitative estimate of drug-likeness (QED) is 0.567. The second kappa shape index (κ2) is 9.54. The maximum atomic E-state index is 14.4. The van der Waals surface area contributed by atoms with Gasteiger partial charge in [-0.1, -0.05) is 0 Å². The lowest BCUT2D eigenvalue weighted by Gasteiger charge is -2.35. The molecule has 0 unspecified atom stereocenters. The largest absolute Gasteiger partial charge is 0.367 e. The molecular weight excluding hydrogens is 434 g/mol. The zero-order valence-electron chi connectivity index (χ0n) is 17.5. The number of amides is 1. The third-order valence-electron chi connectivity index (χ3n) is 5.32. The first-order valence-corrected chi connectivity index (χ1v) is 11.1. The third kappa shape index (κ3) is 5.17. The fraction of sp³-hybridized carbons (Fsp3) is 0.261. The molecule has 2 aromatic carbocycles. The molecule has 1 N–H and O–H groups in total. The first kappa shape index (κ1) is 22.0. The average molecular weight is 457 g/mol. The number of nitrogens with one attached hydrogen (secondary N) is 1. The lowest BCUT2D eigenvalue weighted by Crippen LogP contribution is -2.48. The molecule has 0 radical (unpaired) electrons. The summed E-state index contributed by atoms with van der Waals surface area (Å²) in [5.41, 5.74) is 2.28. The van der Waals surface area contributed by atoms with Crippen LogP contribution < -0.4 is 10.2 Å². The van der Waals surface area contributed by atoms with E-state index in [0.717, 1.165) is 5.56 Å². The van der Waals surface area contributed by atoms with Crippen molar-refractivity contribution in [3.8, 4) is 11.3 Å². The average Bonchev–Trinajstić information content (AvgIpc) is 3.23. The molecule has 166 valence electrons. The minimum absolute atomic E-state index is 0.170. The molecule has 1 amide bonds. The maximum absolute atomic E-state index is 14.4. The van der Waals surface area contributed by atoms with E-state index in [-0.39, 0.29) is 24.1 Å². The second-order valence-electron chi connectivity index (χ2n) is 7.58. The van der Waals surface area contributed by atoms with Crippen LogP contribution in [0.2, 0.25) is 0 Å². The molecule has 2 heterocycles. The van der Waals surface area contributed by atoms with Gasteiger partial charge in [0.1, 0.15) is 11.6 Å². The van der Waals surface area contributed by atoms with Gasteiger partial charge in [0.25, 0.3) is 0 Å². The Morgan fingerprint density at radius 2 is 1.78 bits per heavy atom. The van der Waals surface area contributed by atoms with Crippen LogP contribution in [-0.4, -0.2) is 54.3 Å². The van der Waals surface area contributed by atoms with Gasteiger partial charge >= 0.3 is 0 Å². The van der Waals surface area contributed by atoms with Gasteiger partial charge in [-0.25, -0.2) is 13.8 Å². The minimum atomic E-state index is -0.412. The zero-order chi connectivity index (χ0) is 22.7. The fourth-order valence-corrected chi connectivity index (χ4v) is 4.31. The topological polar surface area (TPSA) is 65.5 Å². The van der Waals surface area contributed by atoms with Crippen molar-refractivity contribution in [1.82, 2.24) is 9.88 Å². The van der Waals surface area contributed by atoms with Crippen molar-refractivity contribution in [3.05, 3.63) is 65.0 Å². The normalized spacial score (nSPS) is 14.4. The van der Waals surface area contributed by atoms with Crippen LogP contribution in [-0.2, 0) is 4.79 Å². The fourth-order valence-electron chi connectivity index (χ4n) is 3.58. The summed E-state index contributed by atoms with van der Waals surface area (Å²) in [6, 6.07) is 10.6. The lowest BCUT2D eigenvalue weighted by molar-refractivity contribution is -0.117. The lowest BCUT2D eigenvalue weighted by atomic mass is 10.1. The Morgan fingerprint density at radius 3 is 2.44 bits per heavy atom. The Labute approximate surface area is 188 Å². The molecule has 1 aromatic heterocycles. The van der Waals surface area contributed by atoms with Gasteiger partial charge in [-0.2, -0.15) is 0 Å². The summed E-state index contributed by atoms with van der Waals surface area (Å²) in [6.45, 7) is 4.00. The number of hydrogen-bond acceptors (Lipinski definition) is 6. The number of aromatic nitrogens is 1. The first-order valence-electron chi connectivity index (χ1n) is 10.2. The van der Waals surface area contributed by atoms with Crippen molar-refractivity contribution in [2.75, 3.05) is 42.9 Å². The Balaban J connectivity index is 1.29. The molecule has 1 aliphatic rings. The molecule has 6 nitrogen and oxygen atoms in total. The number of nitrogens with zero attached hydrogens (tertiary/aromatic N) is 3. The van der Waals surface area contributed by atoms with Crippen LogP contribution in [0.5, 0.6) is 0 Å². The standard InChI is InChI=1S/C23H22F2N4O2S/c1-15(30)17-4-7-21(19(25)12-17)29-10-8-28(9-11-29)13-22(31)27-23-26-20(14-32-23)16-2-5-18(24)6-3-16/h2-7,12,14H,8-11,13H2,1H3,(H,26,27,31). The third-order valence-corrected chi connectivity index (χ3v) is 6.08. The van der Waals surface area contributed by atoms with Gasteiger partial charge in [0.05, 0.1) is 17.9 Å². The number of anilines is 2. The van der Waals surface area contributed by atoms with Crippen LogP contribution in [0.4, 0.5) is 19.6 Å². The number of ketones is 1. The van der Waals surface area contributed by atoms with Crippen molar-refractivity contribution in [2.45, 2.75) is 6.92 Å². The van der Waals surface area contributed by atoms with E-state index in [4.69, 9.17) is 0 Å². The van der Waals surface area contributed by atoms with Gasteiger partial charge in [0, 0.05) is 42.7 Å². The second-order valence-corrected chi connectivity index (χ2v) is 8.44. The number of benzene rings is 2. The minimum Gasteiger partial charge on any atom is -0.367 e. The number of piperazine rings is 1. The molecule has 0 spiro atoms. The molecule has 0 atom stereocenters. The highest BCUT2D eigenvalue weighted by molar-refractivity contribution is 7.14. The number of rotatable bonds is 6. The summed E-state index contributed by atoms with van der Waals surface area (Å²) in [4.78, 5) is 32.2. The summed E-state index contributed by atoms with van der Waals surface area (Å²) in [7, 11) is 0. The Bertz CT molecular complexity index is 1130. The number of carbonyl (C=O) groups excluding carboxylic acids is 2. The zero-order valence-corrected chi connectivity index (χ0v) is 18.3. The summed E-state index contributed by atoms with van der Waals surface area (Å²) in [6.07, 6.45) is 0. The summed E-state index contributed by atoms with van der Waals surface area (Å²) >= 11 is 1.31. The van der Waals surface area contributed by atoms with Crippen LogP contribution in [0.1, 0.15) is 17.3 Å². The molecule has 1 saturated heterocycles. The van der Waals surface area contributed by atoms with Crippen molar-refractivity contribution < 1.29 is 18.4 Å². The Kier molecular flexibility index (Phi) is 6.57. The molecule has 0 saturated carbocycles. The smallest absolute Gasteiger partial charge is 0.240 e. The predicted octanol–water partition coefficient (Wildman–Crippen LogP) is 4.05. The highest BCUT2D eigenvalue weighted by atomic mass is 32.1. The van der Waals surface area contributed by atoms with E-state index in [1.165, 1.54) is 36.5 Å². The highest BCUT2D eigenvalue weighted by Crippen LogP contribution is 2.25. The van der Waals surface area contributed by atoms with Crippen molar-refractivity contribution in [1.29, 1.82) is 0 Å². The van der Waals surface area contributed by atoms with Gasteiger partial charge in [0.2, 0.25) is 5.91 Å². The predicted molar refractivity (Wildman–Crippen MR) is 121 cm³/mol. The van der Waals surface area contributed by atoms with Crippen LogP contribution >= 0.6 is 11.3 Å². The highest BCUT2D eigenvalue weighted by Gasteiger charge is 2.22. The number of halogens is 2. The molecule has 1 aliphatic heterocycles. The van der Waals surface area contributed by atoms with Crippen LogP contribution in [0, 0.1) is 11.6 Å². The van der Waals surface area contributed by atoms with E-state index in [1.54, 1.807) is 24.3 Å². The van der Waals surface area contributed by atoms with E-state index in [0.29, 0.717) is 48.3 Å². The van der Waals surface area contributed by atoms with E-state index in [2.05, 4.69) is 10.3 Å². The molecule has 4 rings (SSSR count). The van der Waals surface area contributed by atoms with Gasteiger partial charge in [0.15, 0.2) is 10.9 Å². The van der Waals surface area contributed by atoms with Crippen molar-refractivity contribution >= 4 is 33.8 Å². The van der Waals surface area contributed by atoms with Crippen molar-refractivity contribution in [2.24, 2.45) is 0 Å². The van der Waals surface area contributed by atoms with Crippen LogP contribution in [0.15, 0.2) is 47.8 Å². The summed E-state index contributed by atoms with van der Waals surface area (Å²) in [5.74, 6) is -1.07. The molecule has 0 bridgehead atoms. The number of hydrogen-bond donors (Lipinski definition) is 1. The number of Topliss-reactive ketones (excluding diaryl/α,β-unsaturated/α-hetero) is 1. The molecule has 32 heavy (non-hydrogen) atoms. The number of thiazole rings is 1. The van der Waals surface area contributed by atoms with E-state index >= 15 is 0 Å². The number of carbonyl (C=O) groups is 2. The molecule has 3 aromatic rings. The summed E-state index contributed by atoms with van der Waals surface area (Å²) < 4.78 is 27.5. The molecule has 9 heteroatoms. The van der Waals surface area contributed by atoms with E-state index < -0.39 is 5.82 Å². The van der Waals surface area contributed by atoms with Gasteiger partial charge in [-0.05, 0) is 49.4 Å². The summed E-state index contributed by atoms with van der Waals surface area (Å²) in [5, 5.41) is 5.11. The van der Waals surface area contributed by atoms with Crippen LogP contribution in [0.3, 0.4) is 0 Å².